The first-order chi connectivity index (χ1) is 13.8. The zero-order valence-electron chi connectivity index (χ0n) is 17.2. The van der Waals surface area contributed by atoms with Crippen LogP contribution >= 0.6 is 0 Å². The molecular formula is C22H27FN2O4. The average molecular weight is 402 g/mol. The van der Waals surface area contributed by atoms with Crippen LogP contribution in [0.5, 0.6) is 11.5 Å². The normalized spacial score (nSPS) is 17.6. The summed E-state index contributed by atoms with van der Waals surface area (Å²) in [6.07, 6.45) is 0. The van der Waals surface area contributed by atoms with Gasteiger partial charge in [0.2, 0.25) is 0 Å². The molecule has 0 bridgehead atoms. The van der Waals surface area contributed by atoms with E-state index >= 15 is 0 Å². The van der Waals surface area contributed by atoms with Crippen molar-refractivity contribution in [3.8, 4) is 11.5 Å². The maximum atomic E-state index is 13.9. The molecule has 0 aliphatic carbocycles. The topological polar surface area (TPSA) is 62.2 Å². The Kier molecular flexibility index (Phi) is 5.98. The molecule has 1 unspecified atom stereocenters. The van der Waals surface area contributed by atoms with Crippen LogP contribution < -0.4 is 14.4 Å². The maximum absolute atomic E-state index is 13.9. The zero-order chi connectivity index (χ0) is 21.2. The number of benzene rings is 2. The Morgan fingerprint density at radius 3 is 2.52 bits per heavy atom. The van der Waals surface area contributed by atoms with Crippen molar-refractivity contribution in [1.82, 2.24) is 4.90 Å². The van der Waals surface area contributed by atoms with E-state index in [1.807, 2.05) is 29.2 Å². The molecule has 1 aliphatic heterocycles. The summed E-state index contributed by atoms with van der Waals surface area (Å²) in [6.45, 7) is 5.76. The molecule has 1 heterocycles. The van der Waals surface area contributed by atoms with E-state index in [-0.39, 0.29) is 5.54 Å². The largest absolute Gasteiger partial charge is 0.497 e. The van der Waals surface area contributed by atoms with E-state index < -0.39 is 17.8 Å². The number of hydrogen-bond donors (Lipinski definition) is 1. The van der Waals surface area contributed by atoms with Crippen molar-refractivity contribution in [2.75, 3.05) is 38.8 Å². The van der Waals surface area contributed by atoms with Gasteiger partial charge in [0, 0.05) is 42.5 Å². The molecule has 2 aromatic carbocycles. The van der Waals surface area contributed by atoms with E-state index in [1.165, 1.54) is 25.3 Å². The van der Waals surface area contributed by atoms with Crippen molar-refractivity contribution in [3.63, 3.8) is 0 Å². The summed E-state index contributed by atoms with van der Waals surface area (Å²) >= 11 is 0. The van der Waals surface area contributed by atoms with Gasteiger partial charge in [-0.05, 0) is 44.2 Å². The second-order valence-electron chi connectivity index (χ2n) is 7.76. The molecule has 0 radical (unpaired) electrons. The second kappa shape index (κ2) is 8.29. The van der Waals surface area contributed by atoms with E-state index in [2.05, 4.69) is 18.7 Å². The predicted octanol–water partition coefficient (Wildman–Crippen LogP) is 3.57. The van der Waals surface area contributed by atoms with E-state index in [1.54, 1.807) is 7.11 Å². The van der Waals surface area contributed by atoms with Crippen molar-refractivity contribution < 1.29 is 23.8 Å². The third kappa shape index (κ3) is 4.29. The molecule has 1 aliphatic rings. The van der Waals surface area contributed by atoms with Crippen LogP contribution in [-0.4, -0.2) is 55.4 Å². The van der Waals surface area contributed by atoms with Gasteiger partial charge in [-0.15, -0.1) is 0 Å². The van der Waals surface area contributed by atoms with Crippen LogP contribution in [0, 0.1) is 5.82 Å². The molecule has 0 amide bonds. The monoisotopic (exact) mass is 402 g/mol. The Hall–Kier alpha value is -2.80. The highest BCUT2D eigenvalue weighted by atomic mass is 19.1. The van der Waals surface area contributed by atoms with Crippen molar-refractivity contribution in [1.29, 1.82) is 0 Å². The number of carboxylic acids is 1. The molecule has 156 valence electrons. The summed E-state index contributed by atoms with van der Waals surface area (Å²) in [7, 11) is 3.09. The molecule has 1 fully saturated rings. The summed E-state index contributed by atoms with van der Waals surface area (Å²) in [6, 6.07) is 10.8. The lowest BCUT2D eigenvalue weighted by molar-refractivity contribution is -0.144. The van der Waals surface area contributed by atoms with Gasteiger partial charge >= 0.3 is 5.97 Å². The summed E-state index contributed by atoms with van der Waals surface area (Å²) < 4.78 is 24.5. The molecule has 0 spiro atoms. The fourth-order valence-electron chi connectivity index (χ4n) is 4.07. The minimum absolute atomic E-state index is 0.325. The van der Waals surface area contributed by atoms with Gasteiger partial charge in [0.1, 0.15) is 23.4 Å². The highest BCUT2D eigenvalue weighted by Crippen LogP contribution is 2.36. The van der Waals surface area contributed by atoms with Gasteiger partial charge in [-0.25, -0.2) is 4.39 Å². The van der Waals surface area contributed by atoms with Gasteiger partial charge in [-0.3, -0.25) is 9.69 Å². The third-order valence-electron chi connectivity index (χ3n) is 5.38. The number of hydrogen-bond acceptors (Lipinski definition) is 5. The standard InChI is InChI=1S/C22H27FN2O4/c1-22(2)14-24(10-11-25(22)16-6-5-7-17(13-16)28-3)20(21(26)27)18-12-15(23)8-9-19(18)29-4/h5-9,12-13,20H,10-11,14H2,1-4H3,(H,26,27). The van der Waals surface area contributed by atoms with Crippen LogP contribution in [0.4, 0.5) is 10.1 Å². The molecule has 1 atom stereocenters. The van der Waals surface area contributed by atoms with Crippen molar-refractivity contribution in [3.05, 3.63) is 53.8 Å². The molecule has 0 aromatic heterocycles. The second-order valence-corrected chi connectivity index (χ2v) is 7.76. The summed E-state index contributed by atoms with van der Waals surface area (Å²) in [4.78, 5) is 16.3. The lowest BCUT2D eigenvalue weighted by atomic mass is 9.94. The van der Waals surface area contributed by atoms with Gasteiger partial charge in [0.05, 0.1) is 14.2 Å². The predicted molar refractivity (Wildman–Crippen MR) is 109 cm³/mol. The van der Waals surface area contributed by atoms with Crippen LogP contribution in [0.25, 0.3) is 0 Å². The number of carboxylic acid groups (broad SMARTS) is 1. The Labute approximate surface area is 170 Å². The number of nitrogens with zero attached hydrogens (tertiary/aromatic N) is 2. The van der Waals surface area contributed by atoms with Crippen LogP contribution in [0.15, 0.2) is 42.5 Å². The SMILES string of the molecule is COc1cccc(N2CCN(C(C(=O)O)c3cc(F)ccc3OC)CC2(C)C)c1. The van der Waals surface area contributed by atoms with E-state index in [0.717, 1.165) is 11.4 Å². The lowest BCUT2D eigenvalue weighted by Gasteiger charge is -2.50. The van der Waals surface area contributed by atoms with E-state index in [4.69, 9.17) is 9.47 Å². The first-order valence-electron chi connectivity index (χ1n) is 9.49. The Balaban J connectivity index is 1.91. The van der Waals surface area contributed by atoms with Crippen LogP contribution in [-0.2, 0) is 4.79 Å². The Bertz CT molecular complexity index is 887. The first kappa shape index (κ1) is 20.9. The summed E-state index contributed by atoms with van der Waals surface area (Å²) in [5.74, 6) is -0.374. The van der Waals surface area contributed by atoms with Gasteiger partial charge in [-0.1, -0.05) is 6.07 Å². The highest BCUT2D eigenvalue weighted by Gasteiger charge is 2.40. The van der Waals surface area contributed by atoms with E-state index in [0.29, 0.717) is 30.9 Å². The first-order valence-corrected chi connectivity index (χ1v) is 9.49. The van der Waals surface area contributed by atoms with Gasteiger partial charge in [0.25, 0.3) is 0 Å². The summed E-state index contributed by atoms with van der Waals surface area (Å²) in [5.41, 5.74) is 0.994. The number of piperazine rings is 1. The van der Waals surface area contributed by atoms with Crippen LogP contribution in [0.3, 0.4) is 0 Å². The van der Waals surface area contributed by atoms with Crippen molar-refractivity contribution in [2.45, 2.75) is 25.4 Å². The molecule has 2 aromatic rings. The zero-order valence-corrected chi connectivity index (χ0v) is 17.2. The molecule has 7 heteroatoms. The fraction of sp³-hybridized carbons (Fsp3) is 0.409. The average Bonchev–Trinajstić information content (AvgIpc) is 2.67. The number of ether oxygens (including phenoxy) is 2. The fourth-order valence-corrected chi connectivity index (χ4v) is 4.07. The maximum Gasteiger partial charge on any atom is 0.325 e. The number of anilines is 1. The molecule has 1 N–H and O–H groups in total. The minimum Gasteiger partial charge on any atom is -0.497 e. The quantitative estimate of drug-likeness (QED) is 0.797. The van der Waals surface area contributed by atoms with Gasteiger partial charge in [-0.2, -0.15) is 0 Å². The highest BCUT2D eigenvalue weighted by molar-refractivity contribution is 5.77. The Morgan fingerprint density at radius 1 is 1.14 bits per heavy atom. The smallest absolute Gasteiger partial charge is 0.325 e. The number of carbonyl (C=O) groups is 1. The van der Waals surface area contributed by atoms with Crippen LogP contribution in [0.2, 0.25) is 0 Å². The van der Waals surface area contributed by atoms with Gasteiger partial charge < -0.3 is 19.5 Å². The molecule has 3 rings (SSSR count). The molecule has 0 saturated carbocycles. The number of halogens is 1. The van der Waals surface area contributed by atoms with Crippen molar-refractivity contribution in [2.24, 2.45) is 0 Å². The van der Waals surface area contributed by atoms with Crippen molar-refractivity contribution >= 4 is 11.7 Å². The number of methoxy groups -OCH3 is 2. The molecular weight excluding hydrogens is 375 g/mol. The summed E-state index contributed by atoms with van der Waals surface area (Å²) in [5, 5.41) is 9.96. The number of rotatable bonds is 6. The Morgan fingerprint density at radius 2 is 1.90 bits per heavy atom. The lowest BCUT2D eigenvalue weighted by Crippen LogP contribution is -2.60. The number of aliphatic carboxylic acids is 1. The molecule has 6 nitrogen and oxygen atoms in total. The molecule has 29 heavy (non-hydrogen) atoms. The van der Waals surface area contributed by atoms with Gasteiger partial charge in [0.15, 0.2) is 0 Å². The molecule has 1 saturated heterocycles. The third-order valence-corrected chi connectivity index (χ3v) is 5.38. The minimum atomic E-state index is -1.03. The van der Waals surface area contributed by atoms with E-state index in [9.17, 15) is 14.3 Å². The van der Waals surface area contributed by atoms with Crippen LogP contribution in [0.1, 0.15) is 25.5 Å².